The minimum atomic E-state index is -4.54. The molecule has 1 fully saturated rings. The van der Waals surface area contributed by atoms with E-state index >= 15 is 0 Å². The standard InChI is InChI=1S/C21H24Cl2F3N5O2/c22-14-3-2-13(10-15(14)23)16-11-18(21(24,25)26)31-19(28-16)12-17(29-31)20(32)27-4-1-5-30-6-8-33-9-7-30/h2-3,10,12,16,18,28H,1,4-9,11H2,(H,27,32)/t16-,18-/m1/s1. The second-order valence-electron chi connectivity index (χ2n) is 8.09. The number of morpholine rings is 1. The third-order valence-corrected chi connectivity index (χ3v) is 6.55. The molecule has 0 unspecified atom stereocenters. The average molecular weight is 506 g/mol. The first kappa shape index (κ1) is 24.1. The van der Waals surface area contributed by atoms with Gasteiger partial charge in [0.1, 0.15) is 5.82 Å². The Labute approximate surface area is 199 Å². The van der Waals surface area contributed by atoms with Crippen LogP contribution in [0, 0.1) is 0 Å². The number of ether oxygens (including phenoxy) is 1. The van der Waals surface area contributed by atoms with Crippen LogP contribution in [0.4, 0.5) is 19.0 Å². The van der Waals surface area contributed by atoms with Gasteiger partial charge in [-0.25, -0.2) is 4.68 Å². The summed E-state index contributed by atoms with van der Waals surface area (Å²) in [4.78, 5) is 14.8. The zero-order valence-electron chi connectivity index (χ0n) is 17.7. The molecular formula is C21H24Cl2F3N5O2. The van der Waals surface area contributed by atoms with E-state index in [9.17, 15) is 18.0 Å². The molecule has 1 aromatic carbocycles. The molecule has 2 aliphatic rings. The van der Waals surface area contributed by atoms with E-state index in [4.69, 9.17) is 27.9 Å². The number of hydrogen-bond donors (Lipinski definition) is 2. The number of anilines is 1. The summed E-state index contributed by atoms with van der Waals surface area (Å²) in [6.45, 7) is 4.32. The summed E-state index contributed by atoms with van der Waals surface area (Å²) in [5.74, 6) is -0.384. The maximum atomic E-state index is 13.8. The summed E-state index contributed by atoms with van der Waals surface area (Å²) in [5, 5.41) is 10.3. The van der Waals surface area contributed by atoms with E-state index in [0.717, 1.165) is 30.7 Å². The number of alkyl halides is 3. The van der Waals surface area contributed by atoms with Gasteiger partial charge >= 0.3 is 6.18 Å². The average Bonchev–Trinajstić information content (AvgIpc) is 3.22. The number of amides is 1. The van der Waals surface area contributed by atoms with Crippen molar-refractivity contribution in [1.82, 2.24) is 20.0 Å². The molecule has 2 aromatic rings. The molecule has 7 nitrogen and oxygen atoms in total. The van der Waals surface area contributed by atoms with Gasteiger partial charge in [-0.05, 0) is 30.7 Å². The number of nitrogens with zero attached hydrogens (tertiary/aromatic N) is 3. The van der Waals surface area contributed by atoms with Crippen molar-refractivity contribution in [3.63, 3.8) is 0 Å². The Morgan fingerprint density at radius 1 is 1.21 bits per heavy atom. The van der Waals surface area contributed by atoms with Crippen LogP contribution >= 0.6 is 23.2 Å². The number of halogens is 5. The van der Waals surface area contributed by atoms with Gasteiger partial charge < -0.3 is 15.4 Å². The van der Waals surface area contributed by atoms with E-state index < -0.39 is 24.2 Å². The first-order valence-corrected chi connectivity index (χ1v) is 11.4. The van der Waals surface area contributed by atoms with Gasteiger partial charge in [0.15, 0.2) is 11.7 Å². The SMILES string of the molecule is O=C(NCCCN1CCOCC1)c1cc2n(n1)[C@@H](C(F)(F)F)C[C@H](c1ccc(Cl)c(Cl)c1)N2. The Morgan fingerprint density at radius 2 is 1.97 bits per heavy atom. The predicted molar refractivity (Wildman–Crippen MR) is 119 cm³/mol. The van der Waals surface area contributed by atoms with Gasteiger partial charge in [0, 0.05) is 32.1 Å². The number of carbonyl (C=O) groups is 1. The number of benzene rings is 1. The number of aromatic nitrogens is 2. The van der Waals surface area contributed by atoms with Gasteiger partial charge in [-0.2, -0.15) is 18.3 Å². The third kappa shape index (κ3) is 5.74. The van der Waals surface area contributed by atoms with Crippen LogP contribution in [0.5, 0.6) is 0 Å². The minimum absolute atomic E-state index is 0.0621. The normalized spacial score (nSPS) is 21.4. The van der Waals surface area contributed by atoms with Gasteiger partial charge in [-0.3, -0.25) is 9.69 Å². The van der Waals surface area contributed by atoms with Crippen molar-refractivity contribution < 1.29 is 22.7 Å². The molecule has 0 saturated carbocycles. The van der Waals surface area contributed by atoms with Gasteiger partial charge in [0.25, 0.3) is 5.91 Å². The lowest BCUT2D eigenvalue weighted by Gasteiger charge is -2.33. The highest BCUT2D eigenvalue weighted by molar-refractivity contribution is 6.42. The Hall–Kier alpha value is -2.01. The van der Waals surface area contributed by atoms with Crippen molar-refractivity contribution in [3.05, 3.63) is 45.6 Å². The van der Waals surface area contributed by atoms with E-state index in [1.54, 1.807) is 18.2 Å². The molecule has 2 aliphatic heterocycles. The van der Waals surface area contributed by atoms with Crippen LogP contribution in [0.3, 0.4) is 0 Å². The Balaban J connectivity index is 1.44. The van der Waals surface area contributed by atoms with E-state index in [0.29, 0.717) is 30.3 Å². The molecule has 0 spiro atoms. The number of rotatable bonds is 6. The van der Waals surface area contributed by atoms with Crippen LogP contribution in [-0.2, 0) is 4.74 Å². The number of nitrogens with one attached hydrogen (secondary N) is 2. The lowest BCUT2D eigenvalue weighted by atomic mass is 9.97. The largest absolute Gasteiger partial charge is 0.410 e. The summed E-state index contributed by atoms with van der Waals surface area (Å²) in [6, 6.07) is 3.53. The molecule has 33 heavy (non-hydrogen) atoms. The fourth-order valence-electron chi connectivity index (χ4n) is 4.05. The molecule has 0 aliphatic carbocycles. The molecule has 2 atom stereocenters. The molecular weight excluding hydrogens is 482 g/mol. The summed E-state index contributed by atoms with van der Waals surface area (Å²) in [5.41, 5.74) is 0.508. The Kier molecular flexibility index (Phi) is 7.37. The van der Waals surface area contributed by atoms with Crippen molar-refractivity contribution in [2.24, 2.45) is 0 Å². The monoisotopic (exact) mass is 505 g/mol. The van der Waals surface area contributed by atoms with Crippen LogP contribution in [-0.4, -0.2) is 66.2 Å². The summed E-state index contributed by atoms with van der Waals surface area (Å²) in [6.07, 6.45) is -4.11. The zero-order chi connectivity index (χ0) is 23.6. The lowest BCUT2D eigenvalue weighted by molar-refractivity contribution is -0.173. The minimum Gasteiger partial charge on any atom is -0.379 e. The maximum Gasteiger partial charge on any atom is 0.410 e. The van der Waals surface area contributed by atoms with Crippen molar-refractivity contribution in [2.45, 2.75) is 31.1 Å². The van der Waals surface area contributed by atoms with Crippen molar-refractivity contribution >= 4 is 34.9 Å². The highest BCUT2D eigenvalue weighted by Gasteiger charge is 2.46. The van der Waals surface area contributed by atoms with Gasteiger partial charge in [-0.15, -0.1) is 0 Å². The number of hydrogen-bond acceptors (Lipinski definition) is 5. The van der Waals surface area contributed by atoms with Crippen molar-refractivity contribution in [2.75, 3.05) is 44.7 Å². The van der Waals surface area contributed by atoms with Gasteiger partial charge in [0.05, 0.1) is 29.3 Å². The first-order chi connectivity index (χ1) is 15.7. The summed E-state index contributed by atoms with van der Waals surface area (Å²) in [7, 11) is 0. The molecule has 1 amide bonds. The van der Waals surface area contributed by atoms with E-state index in [1.807, 2.05) is 0 Å². The van der Waals surface area contributed by atoms with Crippen LogP contribution < -0.4 is 10.6 Å². The smallest absolute Gasteiger partial charge is 0.379 e. The van der Waals surface area contributed by atoms with E-state index in [-0.39, 0.29) is 23.0 Å². The van der Waals surface area contributed by atoms with Crippen LogP contribution in [0.1, 0.15) is 41.0 Å². The molecule has 12 heteroatoms. The summed E-state index contributed by atoms with van der Waals surface area (Å²) >= 11 is 12.0. The quantitative estimate of drug-likeness (QED) is 0.572. The fraction of sp³-hybridized carbons (Fsp3) is 0.524. The Morgan fingerprint density at radius 3 is 2.67 bits per heavy atom. The highest BCUT2D eigenvalue weighted by Crippen LogP contribution is 2.44. The fourth-order valence-corrected chi connectivity index (χ4v) is 4.36. The van der Waals surface area contributed by atoms with E-state index in [1.165, 1.54) is 6.07 Å². The summed E-state index contributed by atoms with van der Waals surface area (Å²) < 4.78 is 47.7. The molecule has 1 saturated heterocycles. The van der Waals surface area contributed by atoms with Gasteiger partial charge in [0.2, 0.25) is 0 Å². The molecule has 2 N–H and O–H groups in total. The first-order valence-electron chi connectivity index (χ1n) is 10.7. The number of fused-ring (bicyclic) bond motifs is 1. The predicted octanol–water partition coefficient (Wildman–Crippen LogP) is 4.30. The molecule has 0 bridgehead atoms. The van der Waals surface area contributed by atoms with Crippen molar-refractivity contribution in [1.29, 1.82) is 0 Å². The van der Waals surface area contributed by atoms with E-state index in [2.05, 4.69) is 20.6 Å². The Bertz CT molecular complexity index is 995. The molecule has 180 valence electrons. The topological polar surface area (TPSA) is 71.4 Å². The maximum absolute atomic E-state index is 13.8. The van der Waals surface area contributed by atoms with Crippen LogP contribution in [0.2, 0.25) is 10.0 Å². The van der Waals surface area contributed by atoms with Crippen molar-refractivity contribution in [3.8, 4) is 0 Å². The highest BCUT2D eigenvalue weighted by atomic mass is 35.5. The third-order valence-electron chi connectivity index (χ3n) is 5.81. The molecule has 4 rings (SSSR count). The number of carbonyl (C=O) groups excluding carboxylic acids is 1. The molecule has 1 aromatic heterocycles. The van der Waals surface area contributed by atoms with Crippen LogP contribution in [0.25, 0.3) is 0 Å². The molecule has 0 radical (unpaired) electrons. The van der Waals surface area contributed by atoms with Crippen LogP contribution in [0.15, 0.2) is 24.3 Å². The second kappa shape index (κ2) is 10.1. The van der Waals surface area contributed by atoms with Gasteiger partial charge in [-0.1, -0.05) is 29.3 Å². The molecule has 3 heterocycles. The second-order valence-corrected chi connectivity index (χ2v) is 8.90. The lowest BCUT2D eigenvalue weighted by Crippen LogP contribution is -2.38. The zero-order valence-corrected chi connectivity index (χ0v) is 19.2.